The van der Waals surface area contributed by atoms with Crippen molar-refractivity contribution < 1.29 is 4.79 Å². The van der Waals surface area contributed by atoms with Gasteiger partial charge in [-0.2, -0.15) is 0 Å². The van der Waals surface area contributed by atoms with Crippen LogP contribution in [0.3, 0.4) is 0 Å². The van der Waals surface area contributed by atoms with Crippen LogP contribution in [-0.2, 0) is 4.79 Å². The lowest BCUT2D eigenvalue weighted by atomic mass is 9.88. The zero-order valence-electron chi connectivity index (χ0n) is 12.3. The number of hydrogen-bond donors (Lipinski definition) is 2. The monoisotopic (exact) mass is 301 g/mol. The maximum absolute atomic E-state index is 12.3. The van der Waals surface area contributed by atoms with Gasteiger partial charge < -0.3 is 10.6 Å². The van der Waals surface area contributed by atoms with Crippen LogP contribution in [0, 0.1) is 12.3 Å². The number of amides is 1. The first-order valence-electron chi connectivity index (χ1n) is 7.12. The summed E-state index contributed by atoms with van der Waals surface area (Å²) in [6.45, 7) is 5.66. The molecule has 1 aromatic carbocycles. The molecule has 1 amide bonds. The third kappa shape index (κ3) is 2.99. The third-order valence-corrected chi connectivity index (χ3v) is 4.75. The fourth-order valence-corrected chi connectivity index (χ4v) is 3.14. The van der Waals surface area contributed by atoms with Crippen LogP contribution in [0.5, 0.6) is 0 Å². The van der Waals surface area contributed by atoms with Crippen molar-refractivity contribution in [1.82, 2.24) is 10.3 Å². The first kappa shape index (κ1) is 14.2. The van der Waals surface area contributed by atoms with E-state index in [1.807, 2.05) is 43.5 Å². The largest absolute Gasteiger partial charge is 0.326 e. The number of nitrogens with zero attached hydrogens (tertiary/aromatic N) is 1. The molecule has 0 bridgehead atoms. The Morgan fingerprint density at radius 2 is 2.14 bits per heavy atom. The van der Waals surface area contributed by atoms with Crippen molar-refractivity contribution in [2.45, 2.75) is 20.3 Å². The predicted octanol–water partition coefficient (Wildman–Crippen LogP) is 3.06. The third-order valence-electron chi connectivity index (χ3n) is 3.97. The van der Waals surface area contributed by atoms with Crippen LogP contribution in [-0.4, -0.2) is 24.0 Å². The number of benzene rings is 1. The van der Waals surface area contributed by atoms with Gasteiger partial charge in [0.25, 0.3) is 0 Å². The van der Waals surface area contributed by atoms with Crippen molar-refractivity contribution in [2.24, 2.45) is 5.41 Å². The van der Waals surface area contributed by atoms with E-state index in [0.717, 1.165) is 41.5 Å². The zero-order valence-corrected chi connectivity index (χ0v) is 13.1. The van der Waals surface area contributed by atoms with Crippen molar-refractivity contribution >= 4 is 22.9 Å². The first-order valence-corrected chi connectivity index (χ1v) is 8.00. The number of hydrogen-bond acceptors (Lipinski definition) is 4. The number of nitrogens with one attached hydrogen (secondary N) is 2. The Morgan fingerprint density at radius 3 is 2.71 bits per heavy atom. The van der Waals surface area contributed by atoms with E-state index in [0.29, 0.717) is 0 Å². The van der Waals surface area contributed by atoms with Gasteiger partial charge >= 0.3 is 0 Å². The van der Waals surface area contributed by atoms with Gasteiger partial charge in [0.15, 0.2) is 0 Å². The lowest BCUT2D eigenvalue weighted by Gasteiger charge is -2.21. The van der Waals surface area contributed by atoms with Gasteiger partial charge in [-0.3, -0.25) is 4.79 Å². The van der Waals surface area contributed by atoms with E-state index in [9.17, 15) is 4.79 Å². The van der Waals surface area contributed by atoms with Gasteiger partial charge in [0.2, 0.25) is 5.91 Å². The highest BCUT2D eigenvalue weighted by Crippen LogP contribution is 2.27. The summed E-state index contributed by atoms with van der Waals surface area (Å²) in [5.41, 5.74) is 2.60. The Bertz CT molecular complexity index is 642. The molecule has 1 aliphatic heterocycles. The normalized spacial score (nSPS) is 21.4. The molecule has 1 atom stereocenters. The molecule has 21 heavy (non-hydrogen) atoms. The predicted molar refractivity (Wildman–Crippen MR) is 86.5 cm³/mol. The standard InChI is InChI=1S/C16H19N3OS/c1-11-18-14(9-21-11)12-3-5-13(6-4-12)19-15(20)16(2)7-8-17-10-16/h3-6,9,17H,7-8,10H2,1-2H3,(H,19,20). The van der Waals surface area contributed by atoms with Crippen LogP contribution in [0.1, 0.15) is 18.4 Å². The van der Waals surface area contributed by atoms with Gasteiger partial charge in [-0.25, -0.2) is 4.98 Å². The summed E-state index contributed by atoms with van der Waals surface area (Å²) in [7, 11) is 0. The summed E-state index contributed by atoms with van der Waals surface area (Å²) in [4.78, 5) is 16.8. The molecule has 0 spiro atoms. The average molecular weight is 301 g/mol. The molecule has 2 aromatic rings. The minimum atomic E-state index is -0.301. The van der Waals surface area contributed by atoms with Gasteiger partial charge in [-0.05, 0) is 38.9 Å². The van der Waals surface area contributed by atoms with Crippen LogP contribution in [0.2, 0.25) is 0 Å². The Balaban J connectivity index is 1.71. The fourth-order valence-electron chi connectivity index (χ4n) is 2.51. The van der Waals surface area contributed by atoms with Crippen molar-refractivity contribution in [2.75, 3.05) is 18.4 Å². The zero-order chi connectivity index (χ0) is 14.9. The van der Waals surface area contributed by atoms with Crippen LogP contribution in [0.15, 0.2) is 29.6 Å². The molecule has 2 N–H and O–H groups in total. The number of anilines is 1. The van der Waals surface area contributed by atoms with Gasteiger partial charge in [0, 0.05) is 23.2 Å². The van der Waals surface area contributed by atoms with Crippen LogP contribution < -0.4 is 10.6 Å². The summed E-state index contributed by atoms with van der Waals surface area (Å²) in [5.74, 6) is 0.0877. The molecule has 0 saturated carbocycles. The van der Waals surface area contributed by atoms with E-state index in [4.69, 9.17) is 0 Å². The quantitative estimate of drug-likeness (QED) is 0.916. The SMILES string of the molecule is Cc1nc(-c2ccc(NC(=O)C3(C)CCNC3)cc2)cs1. The van der Waals surface area contributed by atoms with E-state index < -0.39 is 0 Å². The summed E-state index contributed by atoms with van der Waals surface area (Å²) in [6, 6.07) is 7.87. The molecule has 1 saturated heterocycles. The summed E-state index contributed by atoms with van der Waals surface area (Å²) < 4.78 is 0. The first-order chi connectivity index (χ1) is 10.1. The Kier molecular flexibility index (Phi) is 3.78. The van der Waals surface area contributed by atoms with E-state index in [1.165, 1.54) is 0 Å². The maximum Gasteiger partial charge on any atom is 0.231 e. The topological polar surface area (TPSA) is 54.0 Å². The molecule has 1 fully saturated rings. The minimum absolute atomic E-state index is 0.0877. The molecule has 5 heteroatoms. The Hall–Kier alpha value is -1.72. The van der Waals surface area contributed by atoms with Crippen molar-refractivity contribution in [3.05, 3.63) is 34.7 Å². The lowest BCUT2D eigenvalue weighted by molar-refractivity contribution is -0.123. The number of carbonyl (C=O) groups excluding carboxylic acids is 1. The molecule has 4 nitrogen and oxygen atoms in total. The van der Waals surface area contributed by atoms with E-state index in [-0.39, 0.29) is 11.3 Å². The number of aryl methyl sites for hydroxylation is 1. The van der Waals surface area contributed by atoms with Crippen LogP contribution in [0.25, 0.3) is 11.3 Å². The molecule has 3 rings (SSSR count). The molecule has 0 aliphatic carbocycles. The molecule has 1 unspecified atom stereocenters. The van der Waals surface area contributed by atoms with Crippen molar-refractivity contribution in [3.63, 3.8) is 0 Å². The summed E-state index contributed by atoms with van der Waals surface area (Å²) in [6.07, 6.45) is 0.884. The van der Waals surface area contributed by atoms with E-state index in [1.54, 1.807) is 11.3 Å². The molecule has 1 aliphatic rings. The van der Waals surface area contributed by atoms with E-state index in [2.05, 4.69) is 15.6 Å². The molecule has 0 radical (unpaired) electrons. The maximum atomic E-state index is 12.3. The summed E-state index contributed by atoms with van der Waals surface area (Å²) >= 11 is 1.64. The number of rotatable bonds is 3. The number of carbonyl (C=O) groups is 1. The number of thiazole rings is 1. The Morgan fingerprint density at radius 1 is 1.38 bits per heavy atom. The average Bonchev–Trinajstić information content (AvgIpc) is 3.09. The lowest BCUT2D eigenvalue weighted by Crippen LogP contribution is -2.35. The second kappa shape index (κ2) is 5.58. The fraction of sp³-hybridized carbons (Fsp3) is 0.375. The molecular weight excluding hydrogens is 282 g/mol. The molecular formula is C16H19N3OS. The van der Waals surface area contributed by atoms with Gasteiger partial charge in [-0.15, -0.1) is 11.3 Å². The van der Waals surface area contributed by atoms with Gasteiger partial charge in [0.05, 0.1) is 16.1 Å². The van der Waals surface area contributed by atoms with E-state index >= 15 is 0 Å². The molecule has 2 heterocycles. The van der Waals surface area contributed by atoms with Crippen LogP contribution >= 0.6 is 11.3 Å². The minimum Gasteiger partial charge on any atom is -0.326 e. The second-order valence-electron chi connectivity index (χ2n) is 5.77. The highest BCUT2D eigenvalue weighted by molar-refractivity contribution is 7.09. The molecule has 110 valence electrons. The number of aromatic nitrogens is 1. The van der Waals surface area contributed by atoms with Crippen molar-refractivity contribution in [1.29, 1.82) is 0 Å². The highest BCUT2D eigenvalue weighted by atomic mass is 32.1. The van der Waals surface area contributed by atoms with Gasteiger partial charge in [-0.1, -0.05) is 12.1 Å². The van der Waals surface area contributed by atoms with Gasteiger partial charge in [0.1, 0.15) is 0 Å². The summed E-state index contributed by atoms with van der Waals surface area (Å²) in [5, 5.41) is 9.37. The smallest absolute Gasteiger partial charge is 0.231 e. The van der Waals surface area contributed by atoms with Crippen LogP contribution in [0.4, 0.5) is 5.69 Å². The molecule has 1 aromatic heterocycles. The van der Waals surface area contributed by atoms with Crippen molar-refractivity contribution in [3.8, 4) is 11.3 Å². The highest BCUT2D eigenvalue weighted by Gasteiger charge is 2.36. The second-order valence-corrected chi connectivity index (χ2v) is 6.83. The Labute approximate surface area is 128 Å².